The Morgan fingerprint density at radius 3 is 2.84 bits per heavy atom. The number of carbonyl (C=O) groups is 1. The first-order valence-electron chi connectivity index (χ1n) is 6.35. The van der Waals surface area contributed by atoms with Gasteiger partial charge in [-0.1, -0.05) is 18.0 Å². The number of rotatable bonds is 3. The zero-order chi connectivity index (χ0) is 14.0. The molecule has 1 fully saturated rings. The van der Waals surface area contributed by atoms with E-state index in [-0.39, 0.29) is 17.0 Å². The van der Waals surface area contributed by atoms with Crippen LogP contribution >= 0.6 is 11.9 Å². The second kappa shape index (κ2) is 5.51. The van der Waals surface area contributed by atoms with E-state index in [9.17, 15) is 9.18 Å². The third kappa shape index (κ3) is 3.48. The largest absolute Gasteiger partial charge is 0.396 e. The molecule has 0 spiro atoms. The summed E-state index contributed by atoms with van der Waals surface area (Å²) in [5.41, 5.74) is 6.62. The van der Waals surface area contributed by atoms with E-state index < -0.39 is 0 Å². The fraction of sp³-hybridized carbons (Fsp3) is 0.500. The first-order valence-corrected chi connectivity index (χ1v) is 7.29. The summed E-state index contributed by atoms with van der Waals surface area (Å²) >= 11 is 1.68. The van der Waals surface area contributed by atoms with Gasteiger partial charge in [0.25, 0.3) is 0 Å². The van der Waals surface area contributed by atoms with Crippen molar-refractivity contribution in [2.45, 2.75) is 38.0 Å². The van der Waals surface area contributed by atoms with Gasteiger partial charge >= 0.3 is 0 Å². The van der Waals surface area contributed by atoms with Crippen LogP contribution in [0.15, 0.2) is 18.2 Å². The minimum Gasteiger partial charge on any atom is -0.396 e. The Balaban J connectivity index is 1.98. The minimum atomic E-state index is -0.377. The average Bonchev–Trinajstić information content (AvgIpc) is 2.31. The number of Topliss-reactive ketones (excluding diaryl/α,β-unsaturated/α-hetero) is 1. The molecule has 1 aromatic carbocycles. The molecule has 0 aromatic heterocycles. The van der Waals surface area contributed by atoms with Crippen LogP contribution in [0.4, 0.5) is 10.1 Å². The number of hydrogen-bond donors (Lipinski definition) is 1. The number of carbonyl (C=O) groups excluding carboxylic acids is 1. The molecule has 0 amide bonds. The van der Waals surface area contributed by atoms with Crippen LogP contribution in [0.3, 0.4) is 0 Å². The van der Waals surface area contributed by atoms with E-state index >= 15 is 0 Å². The predicted octanol–water partition coefficient (Wildman–Crippen LogP) is 3.00. The lowest BCUT2D eigenvalue weighted by atomic mass is 9.92. The highest BCUT2D eigenvalue weighted by Crippen LogP contribution is 2.33. The monoisotopic (exact) mass is 282 g/mol. The lowest BCUT2D eigenvalue weighted by Gasteiger charge is -2.40. The van der Waals surface area contributed by atoms with E-state index in [0.29, 0.717) is 18.6 Å². The second-order valence-corrected chi connectivity index (χ2v) is 6.50. The molecule has 0 aliphatic carbocycles. The SMILES string of the molecule is CC1(C)CC(=O)CCN1SCc1ccc(F)c(N)c1. The molecule has 0 radical (unpaired) electrons. The molecule has 0 saturated carbocycles. The zero-order valence-electron chi connectivity index (χ0n) is 11.3. The van der Waals surface area contributed by atoms with Gasteiger partial charge in [-0.05, 0) is 31.5 Å². The van der Waals surface area contributed by atoms with E-state index in [2.05, 4.69) is 18.2 Å². The van der Waals surface area contributed by atoms with E-state index in [0.717, 1.165) is 17.9 Å². The summed E-state index contributed by atoms with van der Waals surface area (Å²) in [5, 5.41) is 0. The molecule has 1 saturated heterocycles. The van der Waals surface area contributed by atoms with Crippen molar-refractivity contribution >= 4 is 23.4 Å². The van der Waals surface area contributed by atoms with Gasteiger partial charge in [-0.3, -0.25) is 4.79 Å². The number of nitrogens with two attached hydrogens (primary N) is 1. The van der Waals surface area contributed by atoms with Crippen molar-refractivity contribution < 1.29 is 9.18 Å². The lowest BCUT2D eigenvalue weighted by molar-refractivity contribution is -0.123. The van der Waals surface area contributed by atoms with Crippen LogP contribution in [0.2, 0.25) is 0 Å². The quantitative estimate of drug-likeness (QED) is 0.684. The molecule has 1 aromatic rings. The number of nitrogen functional groups attached to an aromatic ring is 1. The zero-order valence-corrected chi connectivity index (χ0v) is 12.1. The number of piperidine rings is 1. The van der Waals surface area contributed by atoms with E-state index in [4.69, 9.17) is 5.73 Å². The highest BCUT2D eigenvalue weighted by molar-refractivity contribution is 7.96. The molecule has 19 heavy (non-hydrogen) atoms. The first-order chi connectivity index (χ1) is 8.88. The van der Waals surface area contributed by atoms with E-state index in [1.54, 1.807) is 24.1 Å². The third-order valence-corrected chi connectivity index (χ3v) is 4.80. The van der Waals surface area contributed by atoms with Gasteiger partial charge in [0, 0.05) is 30.7 Å². The second-order valence-electron chi connectivity index (χ2n) is 5.51. The first kappa shape index (κ1) is 14.3. The summed E-state index contributed by atoms with van der Waals surface area (Å²) in [6, 6.07) is 4.82. The maximum absolute atomic E-state index is 13.1. The van der Waals surface area contributed by atoms with Gasteiger partial charge in [0.2, 0.25) is 0 Å². The number of halogens is 1. The number of benzene rings is 1. The molecule has 3 nitrogen and oxygen atoms in total. The van der Waals surface area contributed by atoms with Crippen molar-refractivity contribution in [1.82, 2.24) is 4.31 Å². The van der Waals surface area contributed by atoms with Crippen molar-refractivity contribution in [3.63, 3.8) is 0 Å². The molecule has 1 aliphatic heterocycles. The normalized spacial score (nSPS) is 19.6. The van der Waals surface area contributed by atoms with Crippen LogP contribution in [0, 0.1) is 5.82 Å². The molecular formula is C14H19FN2OS. The van der Waals surface area contributed by atoms with Crippen LogP contribution in [-0.2, 0) is 10.5 Å². The predicted molar refractivity (Wildman–Crippen MR) is 77.1 cm³/mol. The van der Waals surface area contributed by atoms with Crippen molar-refractivity contribution in [2.75, 3.05) is 12.3 Å². The number of hydrogen-bond acceptors (Lipinski definition) is 4. The fourth-order valence-electron chi connectivity index (χ4n) is 2.26. The number of nitrogens with zero attached hydrogens (tertiary/aromatic N) is 1. The van der Waals surface area contributed by atoms with Gasteiger partial charge < -0.3 is 5.73 Å². The standard InChI is InChI=1S/C14H19FN2OS/c1-14(2)8-11(18)5-6-17(14)19-9-10-3-4-12(15)13(16)7-10/h3-4,7H,5-6,8-9,16H2,1-2H3. The highest BCUT2D eigenvalue weighted by Gasteiger charge is 2.34. The smallest absolute Gasteiger partial charge is 0.146 e. The molecule has 2 N–H and O–H groups in total. The summed E-state index contributed by atoms with van der Waals surface area (Å²) in [6.07, 6.45) is 1.20. The Kier molecular flexibility index (Phi) is 4.16. The van der Waals surface area contributed by atoms with Crippen LogP contribution < -0.4 is 5.73 Å². The summed E-state index contributed by atoms with van der Waals surface area (Å²) < 4.78 is 15.3. The maximum Gasteiger partial charge on any atom is 0.146 e. The Bertz CT molecular complexity index is 490. The summed E-state index contributed by atoms with van der Waals surface area (Å²) in [4.78, 5) is 11.5. The molecule has 0 unspecified atom stereocenters. The van der Waals surface area contributed by atoms with Gasteiger partial charge in [-0.25, -0.2) is 8.70 Å². The Labute approximate surface area is 117 Å². The minimum absolute atomic E-state index is 0.119. The molecule has 5 heteroatoms. The summed E-state index contributed by atoms with van der Waals surface area (Å²) in [6.45, 7) is 4.93. The Morgan fingerprint density at radius 2 is 2.21 bits per heavy atom. The number of ketones is 1. The van der Waals surface area contributed by atoms with Crippen LogP contribution in [-0.4, -0.2) is 22.2 Å². The Morgan fingerprint density at radius 1 is 1.47 bits per heavy atom. The van der Waals surface area contributed by atoms with E-state index in [1.165, 1.54) is 6.07 Å². The van der Waals surface area contributed by atoms with Gasteiger partial charge in [0.1, 0.15) is 11.6 Å². The van der Waals surface area contributed by atoms with Crippen molar-refractivity contribution in [3.05, 3.63) is 29.6 Å². The maximum atomic E-state index is 13.1. The van der Waals surface area contributed by atoms with Crippen LogP contribution in [0.5, 0.6) is 0 Å². The van der Waals surface area contributed by atoms with Gasteiger partial charge in [0.15, 0.2) is 0 Å². The molecule has 0 atom stereocenters. The third-order valence-electron chi connectivity index (χ3n) is 3.35. The molecule has 1 aliphatic rings. The lowest BCUT2D eigenvalue weighted by Crippen LogP contribution is -2.46. The summed E-state index contributed by atoms with van der Waals surface area (Å²) in [7, 11) is 0. The molecule has 1 heterocycles. The van der Waals surface area contributed by atoms with Crippen LogP contribution in [0.1, 0.15) is 32.3 Å². The van der Waals surface area contributed by atoms with Crippen molar-refractivity contribution in [3.8, 4) is 0 Å². The Hall–Kier alpha value is -1.07. The number of anilines is 1. The molecular weight excluding hydrogens is 263 g/mol. The molecule has 2 rings (SSSR count). The van der Waals surface area contributed by atoms with Crippen molar-refractivity contribution in [2.24, 2.45) is 0 Å². The van der Waals surface area contributed by atoms with Gasteiger partial charge in [0.05, 0.1) is 5.69 Å². The van der Waals surface area contributed by atoms with Gasteiger partial charge in [-0.2, -0.15) is 0 Å². The highest BCUT2D eigenvalue weighted by atomic mass is 32.2. The molecule has 104 valence electrons. The van der Waals surface area contributed by atoms with Crippen LogP contribution in [0.25, 0.3) is 0 Å². The topological polar surface area (TPSA) is 46.3 Å². The van der Waals surface area contributed by atoms with Crippen molar-refractivity contribution in [1.29, 1.82) is 0 Å². The van der Waals surface area contributed by atoms with E-state index in [1.807, 2.05) is 0 Å². The fourth-order valence-corrected chi connectivity index (χ4v) is 3.38. The summed E-state index contributed by atoms with van der Waals surface area (Å²) in [5.74, 6) is 0.688. The average molecular weight is 282 g/mol. The van der Waals surface area contributed by atoms with Gasteiger partial charge in [-0.15, -0.1) is 0 Å². The molecule has 0 bridgehead atoms.